The minimum Gasteiger partial charge on any atom is -0.352 e. The smallest absolute Gasteiger partial charge is 0.155 e. The highest BCUT2D eigenvalue weighted by Crippen LogP contribution is 2.27. The molecule has 2 atom stereocenters. The second-order valence-corrected chi connectivity index (χ2v) is 9.09. The summed E-state index contributed by atoms with van der Waals surface area (Å²) in [5.74, 6) is 1.98. The Kier molecular flexibility index (Phi) is 13.1. The molecule has 0 heterocycles. The summed E-state index contributed by atoms with van der Waals surface area (Å²) in [6.45, 7) is 13.8. The lowest BCUT2D eigenvalue weighted by Crippen LogP contribution is -2.36. The summed E-state index contributed by atoms with van der Waals surface area (Å²) in [4.78, 5) is 0. The van der Waals surface area contributed by atoms with Crippen molar-refractivity contribution >= 4 is 23.5 Å². The Labute approximate surface area is 158 Å². The molecule has 0 bridgehead atoms. The summed E-state index contributed by atoms with van der Waals surface area (Å²) in [6, 6.07) is 0. The largest absolute Gasteiger partial charge is 0.352 e. The number of ether oxygens (including phenoxy) is 4. The van der Waals surface area contributed by atoms with Gasteiger partial charge in [-0.2, -0.15) is 23.5 Å². The van der Waals surface area contributed by atoms with Crippen molar-refractivity contribution in [1.82, 2.24) is 0 Å². The van der Waals surface area contributed by atoms with Crippen LogP contribution < -0.4 is 0 Å². The van der Waals surface area contributed by atoms with Gasteiger partial charge in [-0.15, -0.1) is 0 Å². The van der Waals surface area contributed by atoms with E-state index in [-0.39, 0.29) is 23.8 Å². The van der Waals surface area contributed by atoms with Crippen LogP contribution in [0.3, 0.4) is 0 Å². The lowest BCUT2D eigenvalue weighted by Gasteiger charge is -2.34. The predicted octanol–water partition coefficient (Wildman–Crippen LogP) is 4.81. The standard InChI is InChI=1S/C18H38O4S2/c1-15(19-11-13-23-7)21-17(3,4)9-10-18(5,6)22-16(2)20-12-14-24-8/h15-16H,9-14H2,1-8H3. The lowest BCUT2D eigenvalue weighted by atomic mass is 9.93. The van der Waals surface area contributed by atoms with E-state index < -0.39 is 0 Å². The maximum absolute atomic E-state index is 6.04. The molecule has 0 fully saturated rings. The highest BCUT2D eigenvalue weighted by atomic mass is 32.2. The highest BCUT2D eigenvalue weighted by Gasteiger charge is 2.28. The van der Waals surface area contributed by atoms with E-state index in [2.05, 4.69) is 40.2 Å². The van der Waals surface area contributed by atoms with E-state index in [4.69, 9.17) is 18.9 Å². The van der Waals surface area contributed by atoms with Crippen LogP contribution in [0.1, 0.15) is 54.4 Å². The monoisotopic (exact) mass is 382 g/mol. The summed E-state index contributed by atoms with van der Waals surface area (Å²) in [5.41, 5.74) is -0.495. The fourth-order valence-corrected chi connectivity index (χ4v) is 2.81. The van der Waals surface area contributed by atoms with Crippen LogP contribution in [0, 0.1) is 0 Å². The first-order valence-electron chi connectivity index (χ1n) is 8.68. The summed E-state index contributed by atoms with van der Waals surface area (Å²) < 4.78 is 23.4. The minimum atomic E-state index is -0.248. The van der Waals surface area contributed by atoms with Crippen molar-refractivity contribution in [2.45, 2.75) is 78.2 Å². The molecular formula is C18H38O4S2. The van der Waals surface area contributed by atoms with Crippen LogP contribution in [0.2, 0.25) is 0 Å². The topological polar surface area (TPSA) is 36.9 Å². The zero-order valence-corrected chi connectivity index (χ0v) is 18.5. The Balaban J connectivity index is 4.16. The SMILES string of the molecule is CSCCOC(C)OC(C)(C)CCC(C)(C)OC(C)OCCSC. The van der Waals surface area contributed by atoms with E-state index in [9.17, 15) is 0 Å². The molecule has 0 saturated carbocycles. The van der Waals surface area contributed by atoms with Crippen LogP contribution in [0.25, 0.3) is 0 Å². The van der Waals surface area contributed by atoms with Gasteiger partial charge in [0.15, 0.2) is 12.6 Å². The van der Waals surface area contributed by atoms with Gasteiger partial charge < -0.3 is 18.9 Å². The first-order valence-corrected chi connectivity index (χ1v) is 11.5. The fraction of sp³-hybridized carbons (Fsp3) is 1.00. The fourth-order valence-electron chi connectivity index (χ4n) is 2.28. The van der Waals surface area contributed by atoms with Crippen LogP contribution in [-0.4, -0.2) is 61.0 Å². The molecule has 0 aliphatic rings. The Morgan fingerprint density at radius 1 is 0.708 bits per heavy atom. The third-order valence-corrected chi connectivity index (χ3v) is 4.73. The van der Waals surface area contributed by atoms with Gasteiger partial charge in [-0.1, -0.05) is 0 Å². The predicted molar refractivity (Wildman–Crippen MR) is 107 cm³/mol. The maximum atomic E-state index is 6.04. The van der Waals surface area contributed by atoms with E-state index in [1.54, 1.807) is 23.5 Å². The van der Waals surface area contributed by atoms with E-state index in [0.29, 0.717) is 0 Å². The van der Waals surface area contributed by atoms with Gasteiger partial charge in [-0.3, -0.25) is 0 Å². The third-order valence-electron chi connectivity index (χ3n) is 3.58. The van der Waals surface area contributed by atoms with Crippen molar-refractivity contribution < 1.29 is 18.9 Å². The summed E-state index contributed by atoms with van der Waals surface area (Å²) in [5, 5.41) is 0. The number of hydrogen-bond acceptors (Lipinski definition) is 6. The third kappa shape index (κ3) is 13.8. The van der Waals surface area contributed by atoms with Gasteiger partial charge in [0, 0.05) is 11.5 Å². The molecule has 146 valence electrons. The summed E-state index contributed by atoms with van der Waals surface area (Å²) in [7, 11) is 0. The van der Waals surface area contributed by atoms with Crippen LogP contribution in [0.5, 0.6) is 0 Å². The van der Waals surface area contributed by atoms with Gasteiger partial charge in [0.2, 0.25) is 0 Å². The van der Waals surface area contributed by atoms with Gasteiger partial charge >= 0.3 is 0 Å². The molecule has 0 aromatic carbocycles. The molecule has 0 N–H and O–H groups in total. The second-order valence-electron chi connectivity index (χ2n) is 7.12. The quantitative estimate of drug-likeness (QED) is 0.299. The average Bonchev–Trinajstić information content (AvgIpc) is 2.45. The summed E-state index contributed by atoms with van der Waals surface area (Å²) in [6.07, 6.45) is 5.57. The normalized spacial score (nSPS) is 15.5. The highest BCUT2D eigenvalue weighted by molar-refractivity contribution is 7.98. The minimum absolute atomic E-state index is 0.190. The first kappa shape index (κ1) is 24.5. The zero-order valence-electron chi connectivity index (χ0n) is 16.8. The second kappa shape index (κ2) is 12.8. The van der Waals surface area contributed by atoms with Crippen LogP contribution in [0.4, 0.5) is 0 Å². The van der Waals surface area contributed by atoms with Crippen molar-refractivity contribution in [3.8, 4) is 0 Å². The van der Waals surface area contributed by atoms with E-state index in [1.807, 2.05) is 13.8 Å². The van der Waals surface area contributed by atoms with Crippen LogP contribution in [-0.2, 0) is 18.9 Å². The molecule has 0 radical (unpaired) electrons. The van der Waals surface area contributed by atoms with Crippen molar-refractivity contribution in [3.63, 3.8) is 0 Å². The molecule has 6 heteroatoms. The molecule has 24 heavy (non-hydrogen) atoms. The van der Waals surface area contributed by atoms with Gasteiger partial charge in [0.25, 0.3) is 0 Å². The Morgan fingerprint density at radius 2 is 1.04 bits per heavy atom. The van der Waals surface area contributed by atoms with Crippen molar-refractivity contribution in [3.05, 3.63) is 0 Å². The van der Waals surface area contributed by atoms with E-state index in [0.717, 1.165) is 37.6 Å². The van der Waals surface area contributed by atoms with Crippen LogP contribution in [0.15, 0.2) is 0 Å². The first-order chi connectivity index (χ1) is 11.1. The van der Waals surface area contributed by atoms with Crippen molar-refractivity contribution in [2.24, 2.45) is 0 Å². The number of rotatable bonds is 15. The van der Waals surface area contributed by atoms with Gasteiger partial charge in [0.1, 0.15) is 0 Å². The van der Waals surface area contributed by atoms with Gasteiger partial charge in [-0.05, 0) is 66.9 Å². The molecule has 0 aromatic rings. The van der Waals surface area contributed by atoms with Crippen molar-refractivity contribution in [2.75, 3.05) is 37.2 Å². The lowest BCUT2D eigenvalue weighted by molar-refractivity contribution is -0.209. The van der Waals surface area contributed by atoms with E-state index >= 15 is 0 Å². The maximum Gasteiger partial charge on any atom is 0.155 e. The molecule has 0 aromatic heterocycles. The molecule has 0 amide bonds. The molecule has 0 rings (SSSR count). The van der Waals surface area contributed by atoms with Crippen molar-refractivity contribution in [1.29, 1.82) is 0 Å². The molecule has 4 nitrogen and oxygen atoms in total. The Hall–Kier alpha value is 0.540. The van der Waals surface area contributed by atoms with Gasteiger partial charge in [0.05, 0.1) is 24.4 Å². The molecule has 0 aliphatic carbocycles. The summed E-state index contributed by atoms with van der Waals surface area (Å²) >= 11 is 3.55. The molecular weight excluding hydrogens is 344 g/mol. The number of thioether (sulfide) groups is 2. The Bertz CT molecular complexity index is 281. The number of hydrogen-bond donors (Lipinski definition) is 0. The van der Waals surface area contributed by atoms with E-state index in [1.165, 1.54) is 0 Å². The van der Waals surface area contributed by atoms with Gasteiger partial charge in [-0.25, -0.2) is 0 Å². The molecule has 0 spiro atoms. The molecule has 2 unspecified atom stereocenters. The average molecular weight is 383 g/mol. The molecule has 0 aliphatic heterocycles. The Morgan fingerprint density at radius 3 is 1.33 bits per heavy atom. The van der Waals surface area contributed by atoms with Crippen LogP contribution >= 0.6 is 23.5 Å². The zero-order chi connectivity index (χ0) is 18.6. The molecule has 0 saturated heterocycles.